The van der Waals surface area contributed by atoms with Crippen LogP contribution in [0.25, 0.3) is 11.1 Å². The molecule has 0 heterocycles. The van der Waals surface area contributed by atoms with Gasteiger partial charge in [-0.2, -0.15) is 0 Å². The lowest BCUT2D eigenvalue weighted by molar-refractivity contribution is 1.03. The first kappa shape index (κ1) is 12.6. The van der Waals surface area contributed by atoms with E-state index >= 15 is 0 Å². The Balaban J connectivity index is 2.16. The van der Waals surface area contributed by atoms with E-state index in [0.717, 1.165) is 6.42 Å². The maximum Gasteiger partial charge on any atom is 0.0140 e. The zero-order valence-corrected chi connectivity index (χ0v) is 10.8. The first-order valence-electron chi connectivity index (χ1n) is 6.32. The zero-order valence-electron chi connectivity index (χ0n) is 10.8. The first-order chi connectivity index (χ1) is 8.83. The minimum Gasteiger partial charge on any atom is -0.327 e. The predicted molar refractivity (Wildman–Crippen MR) is 78.4 cm³/mol. The molecule has 0 radical (unpaired) electrons. The highest BCUT2D eigenvalue weighted by molar-refractivity contribution is 5.63. The third-order valence-electron chi connectivity index (χ3n) is 3.16. The van der Waals surface area contributed by atoms with Gasteiger partial charge in [-0.3, -0.25) is 0 Å². The quantitative estimate of drug-likeness (QED) is 0.804. The van der Waals surface area contributed by atoms with Crippen molar-refractivity contribution in [2.45, 2.75) is 13.3 Å². The fourth-order valence-corrected chi connectivity index (χ4v) is 2.00. The molecule has 2 rings (SSSR count). The summed E-state index contributed by atoms with van der Waals surface area (Å²) >= 11 is 0. The smallest absolute Gasteiger partial charge is 0.0140 e. The van der Waals surface area contributed by atoms with Gasteiger partial charge in [0.2, 0.25) is 0 Å². The summed E-state index contributed by atoms with van der Waals surface area (Å²) in [5, 5.41) is 0. The van der Waals surface area contributed by atoms with Crippen LogP contribution >= 0.6 is 0 Å². The Kier molecular flexibility index (Phi) is 4.32. The number of rotatable bonds is 4. The molecule has 2 aromatic carbocycles. The molecule has 0 fully saturated rings. The highest BCUT2D eigenvalue weighted by atomic mass is 14.5. The van der Waals surface area contributed by atoms with Gasteiger partial charge in [0.15, 0.2) is 0 Å². The minimum absolute atomic E-state index is 0.636. The van der Waals surface area contributed by atoms with Gasteiger partial charge < -0.3 is 5.73 Å². The molecule has 92 valence electrons. The summed E-state index contributed by atoms with van der Waals surface area (Å²) in [5.74, 6) is 0. The number of hydrogen-bond acceptors (Lipinski definition) is 1. The molecular formula is C17H19N. The number of allylic oxidation sites excluding steroid dienone is 1. The summed E-state index contributed by atoms with van der Waals surface area (Å²) in [6.07, 6.45) is 3.05. The van der Waals surface area contributed by atoms with Gasteiger partial charge in [0.05, 0.1) is 0 Å². The van der Waals surface area contributed by atoms with Gasteiger partial charge in [-0.05, 0) is 30.0 Å². The van der Waals surface area contributed by atoms with E-state index in [0.29, 0.717) is 6.54 Å². The van der Waals surface area contributed by atoms with Crippen LogP contribution in [0.15, 0.2) is 66.2 Å². The van der Waals surface area contributed by atoms with Crippen molar-refractivity contribution >= 4 is 0 Å². The molecule has 0 aliphatic rings. The fourth-order valence-electron chi connectivity index (χ4n) is 2.00. The topological polar surface area (TPSA) is 26.0 Å². The molecule has 0 aromatic heterocycles. The van der Waals surface area contributed by atoms with E-state index in [1.54, 1.807) is 0 Å². The van der Waals surface area contributed by atoms with Crippen LogP contribution in [0.4, 0.5) is 0 Å². The Morgan fingerprint density at radius 2 is 1.56 bits per heavy atom. The molecule has 1 nitrogen and oxygen atoms in total. The summed E-state index contributed by atoms with van der Waals surface area (Å²) in [6, 6.07) is 19.1. The van der Waals surface area contributed by atoms with Crippen LogP contribution in [0.5, 0.6) is 0 Å². The van der Waals surface area contributed by atoms with Crippen LogP contribution in [-0.2, 0) is 6.42 Å². The van der Waals surface area contributed by atoms with Gasteiger partial charge in [0, 0.05) is 6.54 Å². The second-order valence-electron chi connectivity index (χ2n) is 4.39. The molecule has 2 N–H and O–H groups in total. The minimum atomic E-state index is 0.636. The van der Waals surface area contributed by atoms with Crippen molar-refractivity contribution in [3.63, 3.8) is 0 Å². The third kappa shape index (κ3) is 3.08. The van der Waals surface area contributed by atoms with Crippen LogP contribution in [0.2, 0.25) is 0 Å². The normalized spacial score (nSPS) is 11.6. The molecule has 0 saturated heterocycles. The molecular weight excluding hydrogens is 218 g/mol. The monoisotopic (exact) mass is 237 g/mol. The van der Waals surface area contributed by atoms with Crippen LogP contribution in [0.1, 0.15) is 12.5 Å². The van der Waals surface area contributed by atoms with Crippen LogP contribution < -0.4 is 5.73 Å². The van der Waals surface area contributed by atoms with E-state index in [9.17, 15) is 0 Å². The molecule has 0 aliphatic heterocycles. The van der Waals surface area contributed by atoms with Crippen LogP contribution in [0, 0.1) is 0 Å². The van der Waals surface area contributed by atoms with E-state index in [-0.39, 0.29) is 0 Å². The van der Waals surface area contributed by atoms with Gasteiger partial charge in [-0.1, -0.05) is 66.2 Å². The van der Waals surface area contributed by atoms with Crippen molar-refractivity contribution < 1.29 is 0 Å². The Morgan fingerprint density at radius 3 is 2.11 bits per heavy atom. The molecule has 0 unspecified atom stereocenters. The molecule has 0 atom stereocenters. The number of nitrogens with two attached hydrogens (primary N) is 1. The summed E-state index contributed by atoms with van der Waals surface area (Å²) < 4.78 is 0. The van der Waals surface area contributed by atoms with E-state index < -0.39 is 0 Å². The third-order valence-corrected chi connectivity index (χ3v) is 3.16. The summed E-state index contributed by atoms with van der Waals surface area (Å²) in [6.45, 7) is 2.68. The van der Waals surface area contributed by atoms with Crippen molar-refractivity contribution in [2.24, 2.45) is 5.73 Å². The lowest BCUT2D eigenvalue weighted by Gasteiger charge is -2.06. The molecule has 2 aromatic rings. The first-order valence-corrected chi connectivity index (χ1v) is 6.32. The zero-order chi connectivity index (χ0) is 12.8. The van der Waals surface area contributed by atoms with Crippen molar-refractivity contribution in [1.82, 2.24) is 0 Å². The Bertz CT molecular complexity index is 509. The molecule has 0 spiro atoms. The van der Waals surface area contributed by atoms with E-state index in [2.05, 4.69) is 54.6 Å². The van der Waals surface area contributed by atoms with Gasteiger partial charge in [-0.25, -0.2) is 0 Å². The van der Waals surface area contributed by atoms with Crippen molar-refractivity contribution in [2.75, 3.05) is 6.54 Å². The standard InChI is InChI=1S/C17H19N/c1-2-14(13-18)12-15-8-10-17(11-9-15)16-6-4-3-5-7-16/h2-11H,12-13,18H2,1H3/b14-2-. The molecule has 0 aliphatic carbocycles. The van der Waals surface area contributed by atoms with Crippen LogP contribution in [-0.4, -0.2) is 6.54 Å². The number of hydrogen-bond donors (Lipinski definition) is 1. The fraction of sp³-hybridized carbons (Fsp3) is 0.176. The molecule has 18 heavy (non-hydrogen) atoms. The van der Waals surface area contributed by atoms with Crippen molar-refractivity contribution in [3.05, 3.63) is 71.8 Å². The number of benzene rings is 2. The summed E-state index contributed by atoms with van der Waals surface area (Å²) in [7, 11) is 0. The van der Waals surface area contributed by atoms with Crippen molar-refractivity contribution in [3.8, 4) is 11.1 Å². The Labute approximate surface area is 109 Å². The maximum atomic E-state index is 5.68. The lowest BCUT2D eigenvalue weighted by Crippen LogP contribution is -2.05. The lowest BCUT2D eigenvalue weighted by atomic mass is 10.0. The van der Waals surface area contributed by atoms with Gasteiger partial charge in [0.25, 0.3) is 0 Å². The van der Waals surface area contributed by atoms with E-state index in [1.807, 2.05) is 13.0 Å². The average molecular weight is 237 g/mol. The Hall–Kier alpha value is -1.86. The second-order valence-corrected chi connectivity index (χ2v) is 4.39. The van der Waals surface area contributed by atoms with Gasteiger partial charge in [-0.15, -0.1) is 0 Å². The highest BCUT2D eigenvalue weighted by Crippen LogP contribution is 2.20. The maximum absolute atomic E-state index is 5.68. The Morgan fingerprint density at radius 1 is 0.944 bits per heavy atom. The molecule has 0 amide bonds. The average Bonchev–Trinajstić information content (AvgIpc) is 2.46. The summed E-state index contributed by atoms with van der Waals surface area (Å²) in [4.78, 5) is 0. The van der Waals surface area contributed by atoms with Crippen molar-refractivity contribution in [1.29, 1.82) is 0 Å². The largest absolute Gasteiger partial charge is 0.327 e. The van der Waals surface area contributed by atoms with E-state index in [1.165, 1.54) is 22.3 Å². The second kappa shape index (κ2) is 6.18. The van der Waals surface area contributed by atoms with Crippen LogP contribution in [0.3, 0.4) is 0 Å². The molecule has 1 heteroatoms. The van der Waals surface area contributed by atoms with Gasteiger partial charge >= 0.3 is 0 Å². The summed E-state index contributed by atoms with van der Waals surface area (Å²) in [5.41, 5.74) is 10.8. The predicted octanol–water partition coefficient (Wildman–Crippen LogP) is 3.80. The van der Waals surface area contributed by atoms with E-state index in [4.69, 9.17) is 5.73 Å². The highest BCUT2D eigenvalue weighted by Gasteiger charge is 1.99. The molecule has 0 bridgehead atoms. The molecule has 0 saturated carbocycles. The SMILES string of the molecule is C/C=C(\CN)Cc1ccc(-c2ccccc2)cc1. The van der Waals surface area contributed by atoms with Gasteiger partial charge in [0.1, 0.15) is 0 Å².